The summed E-state index contributed by atoms with van der Waals surface area (Å²) in [4.78, 5) is 42.8. The third kappa shape index (κ3) is 7.98. The summed E-state index contributed by atoms with van der Waals surface area (Å²) in [5.74, 6) is -1.33. The van der Waals surface area contributed by atoms with E-state index in [0.717, 1.165) is 0 Å². The zero-order valence-electron chi connectivity index (χ0n) is 20.5. The summed E-state index contributed by atoms with van der Waals surface area (Å²) in [5, 5.41) is 8.74. The standard InChI is InChI=1S/C25H27ClF2N6O4/c1-34(24(36)32-13-16-3-2-4-20(28)23(16)26)19(11-22(35)30-8-7-29)14-38-25(37)33-21-10-17-9-18(27)6-5-15(17)12-31-21/h2-6,9-10,12,19H,7-8,11,13-14,29H2,1H3,(H,30,35)(H,32,36)(H,31,33,37)/t19-/m0/s1. The number of carbonyl (C=O) groups is 3. The lowest BCUT2D eigenvalue weighted by molar-refractivity contribution is -0.122. The number of anilines is 1. The fourth-order valence-electron chi connectivity index (χ4n) is 3.44. The van der Waals surface area contributed by atoms with Gasteiger partial charge in [0, 0.05) is 38.3 Å². The zero-order chi connectivity index (χ0) is 27.7. The van der Waals surface area contributed by atoms with Crippen molar-refractivity contribution in [1.29, 1.82) is 0 Å². The molecule has 0 radical (unpaired) electrons. The molecular formula is C25H27ClF2N6O4. The lowest BCUT2D eigenvalue weighted by atomic mass is 10.2. The highest BCUT2D eigenvalue weighted by Gasteiger charge is 2.25. The zero-order valence-corrected chi connectivity index (χ0v) is 21.2. The number of urea groups is 1. The molecule has 4 amide bonds. The van der Waals surface area contributed by atoms with E-state index in [1.54, 1.807) is 12.1 Å². The Kier molecular flexibility index (Phi) is 10.1. The minimum Gasteiger partial charge on any atom is -0.447 e. The van der Waals surface area contributed by atoms with Gasteiger partial charge in [-0.3, -0.25) is 10.1 Å². The number of aromatic nitrogens is 1. The summed E-state index contributed by atoms with van der Waals surface area (Å²) in [5.41, 5.74) is 5.78. The SMILES string of the molecule is CN(C(=O)NCc1cccc(F)c1Cl)[C@H](COC(=O)Nc1cc2cc(F)ccc2cn1)CC(=O)NCCN. The molecule has 0 unspecified atom stereocenters. The molecule has 202 valence electrons. The van der Waals surface area contributed by atoms with Gasteiger partial charge in [0.1, 0.15) is 24.1 Å². The van der Waals surface area contributed by atoms with Crippen molar-refractivity contribution in [2.24, 2.45) is 5.73 Å². The minimum absolute atomic E-state index is 0.0680. The number of carbonyl (C=O) groups excluding carboxylic acids is 3. The van der Waals surface area contributed by atoms with Gasteiger partial charge in [-0.25, -0.2) is 23.4 Å². The molecule has 0 aliphatic carbocycles. The van der Waals surface area contributed by atoms with Gasteiger partial charge in [0.2, 0.25) is 5.91 Å². The number of fused-ring (bicyclic) bond motifs is 1. The number of nitrogens with two attached hydrogens (primary N) is 1. The third-order valence-corrected chi connectivity index (χ3v) is 5.96. The van der Waals surface area contributed by atoms with Crippen LogP contribution in [0.15, 0.2) is 48.7 Å². The molecule has 0 bridgehead atoms. The number of hydrogen-bond donors (Lipinski definition) is 4. The predicted molar refractivity (Wildman–Crippen MR) is 139 cm³/mol. The number of pyridine rings is 1. The second-order valence-electron chi connectivity index (χ2n) is 8.26. The Morgan fingerprint density at radius 2 is 1.92 bits per heavy atom. The van der Waals surface area contributed by atoms with E-state index in [1.807, 2.05) is 0 Å². The molecule has 0 saturated heterocycles. The Morgan fingerprint density at radius 1 is 1.13 bits per heavy atom. The summed E-state index contributed by atoms with van der Waals surface area (Å²) in [7, 11) is 1.42. The summed E-state index contributed by atoms with van der Waals surface area (Å²) in [6.45, 7) is 0.0496. The summed E-state index contributed by atoms with van der Waals surface area (Å²) in [6.07, 6.45) is 0.393. The molecule has 0 fully saturated rings. The van der Waals surface area contributed by atoms with Gasteiger partial charge in [-0.1, -0.05) is 23.7 Å². The van der Waals surface area contributed by atoms with Crippen LogP contribution in [0.25, 0.3) is 10.8 Å². The van der Waals surface area contributed by atoms with Crippen molar-refractivity contribution in [1.82, 2.24) is 20.5 Å². The maximum atomic E-state index is 13.7. The average Bonchev–Trinajstić information content (AvgIpc) is 2.89. The largest absolute Gasteiger partial charge is 0.447 e. The molecule has 0 aliphatic rings. The first-order valence-corrected chi connectivity index (χ1v) is 11.9. The first-order valence-electron chi connectivity index (χ1n) is 11.6. The number of likely N-dealkylation sites (N-methyl/N-ethyl adjacent to an activating group) is 1. The Labute approximate surface area is 222 Å². The fourth-order valence-corrected chi connectivity index (χ4v) is 3.64. The first kappa shape index (κ1) is 28.5. The molecule has 0 spiro atoms. The Bertz CT molecular complexity index is 1310. The molecule has 38 heavy (non-hydrogen) atoms. The van der Waals surface area contributed by atoms with Crippen LogP contribution in [0.1, 0.15) is 12.0 Å². The molecule has 0 aliphatic heterocycles. The van der Waals surface area contributed by atoms with Gasteiger partial charge in [-0.05, 0) is 41.3 Å². The highest BCUT2D eigenvalue weighted by molar-refractivity contribution is 6.31. The second kappa shape index (κ2) is 13.5. The van der Waals surface area contributed by atoms with E-state index in [4.69, 9.17) is 22.1 Å². The Morgan fingerprint density at radius 3 is 2.68 bits per heavy atom. The molecule has 13 heteroatoms. The number of nitrogens with zero attached hydrogens (tertiary/aromatic N) is 2. The molecule has 2 aromatic carbocycles. The van der Waals surface area contributed by atoms with Crippen LogP contribution in [-0.2, 0) is 16.1 Å². The summed E-state index contributed by atoms with van der Waals surface area (Å²) >= 11 is 5.94. The fraction of sp³-hybridized carbons (Fsp3) is 0.280. The van der Waals surface area contributed by atoms with Crippen molar-refractivity contribution < 1.29 is 27.9 Å². The topological polar surface area (TPSA) is 139 Å². The van der Waals surface area contributed by atoms with Crippen molar-refractivity contribution in [3.63, 3.8) is 0 Å². The highest BCUT2D eigenvalue weighted by atomic mass is 35.5. The Balaban J connectivity index is 1.63. The first-order chi connectivity index (χ1) is 18.2. The molecule has 3 rings (SSSR count). The monoisotopic (exact) mass is 548 g/mol. The Hall–Kier alpha value is -4.03. The lowest BCUT2D eigenvalue weighted by Gasteiger charge is -2.28. The van der Waals surface area contributed by atoms with Crippen LogP contribution in [0.4, 0.5) is 24.2 Å². The second-order valence-corrected chi connectivity index (χ2v) is 8.64. The van der Waals surface area contributed by atoms with Crippen LogP contribution in [0.3, 0.4) is 0 Å². The van der Waals surface area contributed by atoms with Crippen molar-refractivity contribution in [2.45, 2.75) is 19.0 Å². The quantitative estimate of drug-likeness (QED) is 0.306. The number of amides is 4. The van der Waals surface area contributed by atoms with Gasteiger partial charge in [0.05, 0.1) is 17.5 Å². The van der Waals surface area contributed by atoms with Crippen LogP contribution >= 0.6 is 11.6 Å². The predicted octanol–water partition coefficient (Wildman–Crippen LogP) is 3.39. The maximum absolute atomic E-state index is 13.7. The van der Waals surface area contributed by atoms with Gasteiger partial charge in [-0.2, -0.15) is 0 Å². The van der Waals surface area contributed by atoms with Crippen molar-refractivity contribution >= 4 is 46.2 Å². The normalized spacial score (nSPS) is 11.5. The van der Waals surface area contributed by atoms with Crippen molar-refractivity contribution in [2.75, 3.05) is 32.1 Å². The smallest absolute Gasteiger partial charge is 0.412 e. The number of hydrogen-bond acceptors (Lipinski definition) is 6. The van der Waals surface area contributed by atoms with Gasteiger partial charge >= 0.3 is 12.1 Å². The minimum atomic E-state index is -0.888. The summed E-state index contributed by atoms with van der Waals surface area (Å²) in [6, 6.07) is 8.39. The van der Waals surface area contributed by atoms with Crippen molar-refractivity contribution in [3.8, 4) is 0 Å². The van der Waals surface area contributed by atoms with E-state index in [-0.39, 0.29) is 43.5 Å². The van der Waals surface area contributed by atoms with Crippen LogP contribution in [-0.4, -0.2) is 60.7 Å². The summed E-state index contributed by atoms with van der Waals surface area (Å²) < 4.78 is 32.5. The number of halogens is 3. The molecule has 10 nitrogen and oxygen atoms in total. The number of ether oxygens (including phenoxy) is 1. The molecular weight excluding hydrogens is 522 g/mol. The van der Waals surface area contributed by atoms with Gasteiger partial charge in [0.15, 0.2) is 0 Å². The van der Waals surface area contributed by atoms with Crippen LogP contribution in [0.2, 0.25) is 5.02 Å². The maximum Gasteiger partial charge on any atom is 0.412 e. The molecule has 0 saturated carbocycles. The van der Waals surface area contributed by atoms with E-state index >= 15 is 0 Å². The van der Waals surface area contributed by atoms with E-state index in [1.165, 1.54) is 48.5 Å². The van der Waals surface area contributed by atoms with Gasteiger partial charge in [-0.15, -0.1) is 0 Å². The van der Waals surface area contributed by atoms with E-state index in [0.29, 0.717) is 16.3 Å². The van der Waals surface area contributed by atoms with Crippen LogP contribution in [0, 0.1) is 11.6 Å². The molecule has 1 atom stereocenters. The van der Waals surface area contributed by atoms with E-state index < -0.39 is 35.7 Å². The molecule has 5 N–H and O–H groups in total. The third-order valence-electron chi connectivity index (χ3n) is 5.54. The number of nitrogens with one attached hydrogen (secondary N) is 3. The van der Waals surface area contributed by atoms with Gasteiger partial charge < -0.3 is 26.0 Å². The number of benzene rings is 2. The average molecular weight is 549 g/mol. The van der Waals surface area contributed by atoms with Gasteiger partial charge in [0.25, 0.3) is 0 Å². The molecule has 1 aromatic heterocycles. The highest BCUT2D eigenvalue weighted by Crippen LogP contribution is 2.20. The van der Waals surface area contributed by atoms with Crippen LogP contribution in [0.5, 0.6) is 0 Å². The molecule has 3 aromatic rings. The van der Waals surface area contributed by atoms with E-state index in [9.17, 15) is 23.2 Å². The van der Waals surface area contributed by atoms with Crippen LogP contribution < -0.4 is 21.7 Å². The number of rotatable bonds is 10. The van der Waals surface area contributed by atoms with Crippen molar-refractivity contribution in [3.05, 3.63) is 70.9 Å². The molecule has 1 heterocycles. The lowest BCUT2D eigenvalue weighted by Crippen LogP contribution is -2.48. The van der Waals surface area contributed by atoms with E-state index in [2.05, 4.69) is 20.9 Å².